The van der Waals surface area contributed by atoms with Gasteiger partial charge in [0.15, 0.2) is 0 Å². The molecule has 0 bridgehead atoms. The molecule has 12 nitrogen and oxygen atoms in total. The monoisotopic (exact) mass is 957 g/mol. The SMILES string of the molecule is C[C@H]1CC[C@H](c2ccccc2)S(=O)(=O)N1Cc1cc(F)c(C2(C(=O)O)CC(C)(O)C2)cc1F.C[C@H]1CC[C@H](c2ccccc2)S(=O)(=O)N1Cc1cc(F)c(C2(C(N)=O)CC(C)(O)C2)cc1F. The van der Waals surface area contributed by atoms with E-state index in [1.807, 2.05) is 0 Å². The number of carbonyl (C=O) groups is 2. The van der Waals surface area contributed by atoms with Gasteiger partial charge >= 0.3 is 5.97 Å². The first-order chi connectivity index (χ1) is 30.7. The largest absolute Gasteiger partial charge is 0.481 e. The van der Waals surface area contributed by atoms with Crippen LogP contribution >= 0.6 is 0 Å². The number of nitrogens with zero attached hydrogens (tertiary/aromatic N) is 2. The highest BCUT2D eigenvalue weighted by atomic mass is 32.2. The number of hydrogen-bond donors (Lipinski definition) is 4. The number of aliphatic carboxylic acids is 1. The summed E-state index contributed by atoms with van der Waals surface area (Å²) < 4.78 is 116. The van der Waals surface area contributed by atoms with Gasteiger partial charge in [-0.2, -0.15) is 8.61 Å². The van der Waals surface area contributed by atoms with Crippen LogP contribution in [0.4, 0.5) is 17.6 Å². The Morgan fingerprint density at radius 3 is 1.29 bits per heavy atom. The van der Waals surface area contributed by atoms with Crippen molar-refractivity contribution >= 4 is 31.9 Å². The van der Waals surface area contributed by atoms with Crippen molar-refractivity contribution in [3.05, 3.63) is 142 Å². The number of nitrogens with two attached hydrogens (primary N) is 1. The minimum atomic E-state index is -3.84. The van der Waals surface area contributed by atoms with Crippen molar-refractivity contribution < 1.29 is 59.3 Å². The molecule has 0 unspecified atom stereocenters. The predicted octanol–water partition coefficient (Wildman–Crippen LogP) is 7.18. The van der Waals surface area contributed by atoms with E-state index in [1.54, 1.807) is 74.5 Å². The van der Waals surface area contributed by atoms with E-state index in [2.05, 4.69) is 0 Å². The summed E-state index contributed by atoms with van der Waals surface area (Å²) in [5.41, 5.74) is 0.311. The molecule has 66 heavy (non-hydrogen) atoms. The van der Waals surface area contributed by atoms with Gasteiger partial charge in [0.1, 0.15) is 39.2 Å². The van der Waals surface area contributed by atoms with Gasteiger partial charge < -0.3 is 21.1 Å². The molecule has 8 rings (SSSR count). The lowest BCUT2D eigenvalue weighted by atomic mass is 9.56. The van der Waals surface area contributed by atoms with Crippen LogP contribution in [0.2, 0.25) is 0 Å². The lowest BCUT2D eigenvalue weighted by Gasteiger charge is -2.50. The maximum atomic E-state index is 15.1. The van der Waals surface area contributed by atoms with Crippen molar-refractivity contribution in [3.8, 4) is 0 Å². The lowest BCUT2D eigenvalue weighted by Crippen LogP contribution is -2.59. The molecule has 0 radical (unpaired) electrons. The van der Waals surface area contributed by atoms with Gasteiger partial charge in [-0.3, -0.25) is 9.59 Å². The predicted molar refractivity (Wildman–Crippen MR) is 237 cm³/mol. The van der Waals surface area contributed by atoms with Gasteiger partial charge in [0.25, 0.3) is 0 Å². The number of halogens is 4. The molecule has 5 N–H and O–H groups in total. The number of amides is 1. The van der Waals surface area contributed by atoms with E-state index in [0.717, 1.165) is 24.3 Å². The summed E-state index contributed by atoms with van der Waals surface area (Å²) in [5, 5.41) is 28.3. The molecule has 2 aliphatic heterocycles. The van der Waals surface area contributed by atoms with Gasteiger partial charge in [-0.15, -0.1) is 0 Å². The molecular formula is C48H55F4N3O9S2. The fourth-order valence-electron chi connectivity index (χ4n) is 10.6. The van der Waals surface area contributed by atoms with Crippen LogP contribution < -0.4 is 5.73 Å². The van der Waals surface area contributed by atoms with Crippen LogP contribution in [0.15, 0.2) is 84.9 Å². The van der Waals surface area contributed by atoms with Crippen molar-refractivity contribution in [1.82, 2.24) is 8.61 Å². The molecule has 4 aromatic carbocycles. The number of hydrogen-bond acceptors (Lipinski definition) is 8. The molecule has 2 heterocycles. The minimum absolute atomic E-state index is 0.110. The molecule has 0 spiro atoms. The number of aliphatic hydroxyl groups is 2. The molecule has 4 aliphatic rings. The van der Waals surface area contributed by atoms with Crippen LogP contribution in [0, 0.1) is 23.3 Å². The number of sulfonamides is 2. The standard InChI is InChI=1S/C24H28F2N2O4S.C24H27F2NO5S/c1-15-8-9-21(16-6-4-3-5-7-16)33(31,32)28(15)12-17-10-20(26)18(11-19(17)25)24(22(27)29)13-23(2,30)14-24;1-15-8-9-21(16-6-4-3-5-7-16)33(31,32)27(15)12-17-10-20(26)18(11-19(17)25)24(22(28)29)13-23(2,30)14-24/h3-7,10-11,15,21,30H,8-9,12-14H2,1-2H3,(H2,27,29);3-7,10-11,15,21,30H,8-9,12-14H2,1-2H3,(H,28,29)/t2*15-,21+,23?,24?/m00/s1. The summed E-state index contributed by atoms with van der Waals surface area (Å²) >= 11 is 0. The number of primary amides is 1. The first-order valence-electron chi connectivity index (χ1n) is 21.8. The van der Waals surface area contributed by atoms with Gasteiger partial charge in [0, 0.05) is 47.4 Å². The summed E-state index contributed by atoms with van der Waals surface area (Å²) in [6, 6.07) is 20.5. The number of carbonyl (C=O) groups excluding carboxylic acids is 1. The van der Waals surface area contributed by atoms with Crippen LogP contribution in [-0.4, -0.2) is 75.9 Å². The first-order valence-corrected chi connectivity index (χ1v) is 24.8. The van der Waals surface area contributed by atoms with Crippen molar-refractivity contribution in [2.45, 2.75) is 137 Å². The summed E-state index contributed by atoms with van der Waals surface area (Å²) in [5.74, 6) is -5.63. The second kappa shape index (κ2) is 17.7. The molecule has 2 aliphatic carbocycles. The Morgan fingerprint density at radius 2 is 0.955 bits per heavy atom. The van der Waals surface area contributed by atoms with E-state index in [0.29, 0.717) is 36.8 Å². The first kappa shape index (κ1) is 49.2. The number of benzene rings is 4. The van der Waals surface area contributed by atoms with Crippen LogP contribution in [-0.2, 0) is 53.6 Å². The van der Waals surface area contributed by atoms with Gasteiger partial charge in [-0.05, 0) is 114 Å². The third-order valence-electron chi connectivity index (χ3n) is 14.0. The van der Waals surface area contributed by atoms with E-state index in [9.17, 15) is 41.7 Å². The number of carboxylic acid groups (broad SMARTS) is 1. The summed E-state index contributed by atoms with van der Waals surface area (Å²) in [6.45, 7) is 5.76. The summed E-state index contributed by atoms with van der Waals surface area (Å²) in [6.07, 6.45) is 1.34. The molecule has 2 saturated carbocycles. The highest BCUT2D eigenvalue weighted by Crippen LogP contribution is 2.53. The fraction of sp³-hybridized carbons (Fsp3) is 0.458. The van der Waals surface area contributed by atoms with E-state index >= 15 is 17.6 Å². The van der Waals surface area contributed by atoms with Crippen LogP contribution in [0.5, 0.6) is 0 Å². The Balaban J connectivity index is 0.000000196. The molecule has 18 heteroatoms. The van der Waals surface area contributed by atoms with E-state index in [-0.39, 0.29) is 67.1 Å². The summed E-state index contributed by atoms with van der Waals surface area (Å²) in [4.78, 5) is 24.0. The van der Waals surface area contributed by atoms with Crippen LogP contribution in [0.25, 0.3) is 0 Å². The highest BCUT2D eigenvalue weighted by Gasteiger charge is 2.59. The fourth-order valence-corrected chi connectivity index (χ4v) is 15.0. The molecule has 4 fully saturated rings. The van der Waals surface area contributed by atoms with Crippen LogP contribution in [0.3, 0.4) is 0 Å². The van der Waals surface area contributed by atoms with Crippen molar-refractivity contribution in [1.29, 1.82) is 0 Å². The zero-order chi connectivity index (χ0) is 48.4. The number of rotatable bonds is 10. The average Bonchev–Trinajstić information content (AvgIpc) is 3.21. The lowest BCUT2D eigenvalue weighted by molar-refractivity contribution is -0.162. The Morgan fingerprint density at radius 1 is 0.606 bits per heavy atom. The van der Waals surface area contributed by atoms with E-state index in [1.165, 1.54) is 22.5 Å². The zero-order valence-corrected chi connectivity index (χ0v) is 38.7. The van der Waals surface area contributed by atoms with Gasteiger partial charge in [-0.1, -0.05) is 60.7 Å². The Hall–Kier alpha value is -4.72. The molecule has 2 saturated heterocycles. The molecule has 0 aromatic heterocycles. The average molecular weight is 958 g/mol. The van der Waals surface area contributed by atoms with Crippen molar-refractivity contribution in [2.75, 3.05) is 0 Å². The van der Waals surface area contributed by atoms with Crippen LogP contribution in [0.1, 0.15) is 123 Å². The molecule has 4 atom stereocenters. The zero-order valence-electron chi connectivity index (χ0n) is 37.1. The van der Waals surface area contributed by atoms with E-state index < -0.39 is 93.8 Å². The smallest absolute Gasteiger partial charge is 0.314 e. The Labute approximate surface area is 382 Å². The third kappa shape index (κ3) is 9.04. The van der Waals surface area contributed by atoms with E-state index in [4.69, 9.17) is 5.73 Å². The van der Waals surface area contributed by atoms with Gasteiger partial charge in [0.05, 0.1) is 16.6 Å². The quantitative estimate of drug-likeness (QED) is 0.119. The normalized spacial score (nSPS) is 31.7. The third-order valence-corrected chi connectivity index (χ3v) is 18.7. The number of carboxylic acids is 1. The second-order valence-electron chi connectivity index (χ2n) is 19.2. The molecule has 1 amide bonds. The Bertz CT molecular complexity index is 2540. The molecule has 356 valence electrons. The van der Waals surface area contributed by atoms with Crippen molar-refractivity contribution in [3.63, 3.8) is 0 Å². The van der Waals surface area contributed by atoms with Gasteiger partial charge in [-0.25, -0.2) is 34.4 Å². The summed E-state index contributed by atoms with van der Waals surface area (Å²) in [7, 11) is -7.66. The minimum Gasteiger partial charge on any atom is -0.481 e. The molecule has 4 aromatic rings. The topological polar surface area (TPSA) is 196 Å². The maximum Gasteiger partial charge on any atom is 0.314 e. The Kier molecular flexibility index (Phi) is 13.2. The second-order valence-corrected chi connectivity index (χ2v) is 23.3. The van der Waals surface area contributed by atoms with Gasteiger partial charge in [0.2, 0.25) is 26.0 Å². The molecular weight excluding hydrogens is 903 g/mol. The van der Waals surface area contributed by atoms with Crippen molar-refractivity contribution in [2.24, 2.45) is 5.73 Å². The maximum absolute atomic E-state index is 15.1. The highest BCUT2D eigenvalue weighted by molar-refractivity contribution is 7.89.